The zero-order chi connectivity index (χ0) is 14.6. The predicted molar refractivity (Wildman–Crippen MR) is 80.5 cm³/mol. The fourth-order valence-electron chi connectivity index (χ4n) is 1.12. The van der Waals surface area contributed by atoms with Crippen LogP contribution in [0.25, 0.3) is 0 Å². The monoisotopic (exact) mass is 392 g/mol. The first-order valence-corrected chi connectivity index (χ1v) is 6.98. The number of phenols is 1. The molecular formula is C12H14Br2N2O3. The molecule has 0 bridgehead atoms. The third-order valence-corrected chi connectivity index (χ3v) is 3.02. The molecule has 1 aromatic carbocycles. The lowest BCUT2D eigenvalue weighted by Crippen LogP contribution is -2.29. The van der Waals surface area contributed by atoms with Crippen LogP contribution < -0.4 is 5.43 Å². The van der Waals surface area contributed by atoms with E-state index in [0.29, 0.717) is 14.5 Å². The van der Waals surface area contributed by atoms with Crippen LogP contribution in [-0.2, 0) is 4.74 Å². The van der Waals surface area contributed by atoms with E-state index in [1.807, 2.05) is 0 Å². The molecule has 1 aromatic rings. The van der Waals surface area contributed by atoms with Crippen molar-refractivity contribution in [1.29, 1.82) is 0 Å². The van der Waals surface area contributed by atoms with E-state index in [0.717, 1.165) is 0 Å². The van der Waals surface area contributed by atoms with E-state index >= 15 is 0 Å². The van der Waals surface area contributed by atoms with Crippen LogP contribution in [0.4, 0.5) is 4.79 Å². The van der Waals surface area contributed by atoms with Gasteiger partial charge in [-0.2, -0.15) is 5.10 Å². The average molecular weight is 394 g/mol. The summed E-state index contributed by atoms with van der Waals surface area (Å²) in [6.07, 6.45) is 0.819. The number of carbonyl (C=O) groups excluding carboxylic acids is 1. The van der Waals surface area contributed by atoms with Gasteiger partial charge in [0.05, 0.1) is 15.2 Å². The summed E-state index contributed by atoms with van der Waals surface area (Å²) in [4.78, 5) is 11.3. The van der Waals surface area contributed by atoms with Crippen molar-refractivity contribution in [3.8, 4) is 5.75 Å². The molecule has 0 spiro atoms. The Morgan fingerprint density at radius 1 is 1.37 bits per heavy atom. The topological polar surface area (TPSA) is 70.9 Å². The molecule has 0 radical (unpaired) electrons. The fraction of sp³-hybridized carbons (Fsp3) is 0.333. The van der Waals surface area contributed by atoms with Crippen LogP contribution in [0.1, 0.15) is 26.3 Å². The van der Waals surface area contributed by atoms with Crippen LogP contribution in [0.5, 0.6) is 5.75 Å². The summed E-state index contributed by atoms with van der Waals surface area (Å²) in [6, 6.07) is 3.33. The molecule has 7 heteroatoms. The standard InChI is InChI=1S/C12H14Br2N2O3/c1-12(2,3)19-11(18)16-15-6-7-4-8(13)10(17)9(14)5-7/h4-6,17H,1-3H3,(H,16,18). The summed E-state index contributed by atoms with van der Waals surface area (Å²) < 4.78 is 6.08. The Kier molecular flexibility index (Phi) is 5.37. The van der Waals surface area contributed by atoms with E-state index in [9.17, 15) is 9.90 Å². The van der Waals surface area contributed by atoms with Crippen molar-refractivity contribution < 1.29 is 14.6 Å². The average Bonchev–Trinajstić information content (AvgIpc) is 2.23. The molecule has 0 saturated carbocycles. The van der Waals surface area contributed by atoms with Gasteiger partial charge in [0.25, 0.3) is 0 Å². The minimum absolute atomic E-state index is 0.109. The molecule has 0 atom stereocenters. The number of benzene rings is 1. The highest BCUT2D eigenvalue weighted by Gasteiger charge is 2.15. The van der Waals surface area contributed by atoms with Crippen molar-refractivity contribution in [1.82, 2.24) is 5.43 Å². The van der Waals surface area contributed by atoms with Crippen LogP contribution in [0.3, 0.4) is 0 Å². The highest BCUT2D eigenvalue weighted by atomic mass is 79.9. The zero-order valence-electron chi connectivity index (χ0n) is 10.7. The summed E-state index contributed by atoms with van der Waals surface area (Å²) in [5.41, 5.74) is 2.39. The second kappa shape index (κ2) is 6.38. The van der Waals surface area contributed by atoms with Gasteiger partial charge in [0.15, 0.2) is 0 Å². The zero-order valence-corrected chi connectivity index (χ0v) is 13.9. The van der Waals surface area contributed by atoms with Gasteiger partial charge in [0.1, 0.15) is 11.4 Å². The van der Waals surface area contributed by atoms with Gasteiger partial charge in [-0.05, 0) is 70.3 Å². The number of carbonyl (C=O) groups is 1. The van der Waals surface area contributed by atoms with E-state index in [2.05, 4.69) is 42.4 Å². The Bertz CT molecular complexity index is 487. The predicted octanol–water partition coefficient (Wildman–Crippen LogP) is 3.78. The third-order valence-electron chi connectivity index (χ3n) is 1.81. The molecule has 5 nitrogen and oxygen atoms in total. The first kappa shape index (κ1) is 16.0. The van der Waals surface area contributed by atoms with Gasteiger partial charge >= 0.3 is 6.09 Å². The number of hydrazone groups is 1. The number of aromatic hydroxyl groups is 1. The molecule has 0 unspecified atom stereocenters. The quantitative estimate of drug-likeness (QED) is 0.593. The van der Waals surface area contributed by atoms with E-state index in [4.69, 9.17) is 4.74 Å². The maximum absolute atomic E-state index is 11.3. The van der Waals surface area contributed by atoms with E-state index in [-0.39, 0.29) is 5.75 Å². The maximum Gasteiger partial charge on any atom is 0.428 e. The summed E-state index contributed by atoms with van der Waals surface area (Å²) in [5.74, 6) is 0.109. The minimum atomic E-state index is -0.624. The maximum atomic E-state index is 11.3. The molecule has 0 saturated heterocycles. The number of rotatable bonds is 2. The van der Waals surface area contributed by atoms with E-state index in [1.165, 1.54) is 6.21 Å². The largest absolute Gasteiger partial charge is 0.506 e. The number of hydrogen-bond donors (Lipinski definition) is 2. The summed E-state index contributed by atoms with van der Waals surface area (Å²) >= 11 is 6.41. The highest BCUT2D eigenvalue weighted by Crippen LogP contribution is 2.32. The lowest BCUT2D eigenvalue weighted by molar-refractivity contribution is 0.0529. The van der Waals surface area contributed by atoms with Crippen LogP contribution >= 0.6 is 31.9 Å². The van der Waals surface area contributed by atoms with Crippen molar-refractivity contribution in [2.45, 2.75) is 26.4 Å². The molecule has 2 N–H and O–H groups in total. The molecule has 0 aromatic heterocycles. The van der Waals surface area contributed by atoms with Gasteiger partial charge in [-0.25, -0.2) is 10.2 Å². The molecular weight excluding hydrogens is 380 g/mol. The summed E-state index contributed by atoms with van der Waals surface area (Å²) in [5, 5.41) is 13.3. The number of nitrogens with zero attached hydrogens (tertiary/aromatic N) is 1. The first-order valence-electron chi connectivity index (χ1n) is 5.39. The van der Waals surface area contributed by atoms with Crippen molar-refractivity contribution >= 4 is 44.2 Å². The number of hydrogen-bond acceptors (Lipinski definition) is 4. The van der Waals surface area contributed by atoms with Crippen LogP contribution in [-0.4, -0.2) is 23.0 Å². The second-order valence-electron chi connectivity index (χ2n) is 4.71. The number of halogens is 2. The van der Waals surface area contributed by atoms with Crippen LogP contribution in [0.2, 0.25) is 0 Å². The lowest BCUT2D eigenvalue weighted by Gasteiger charge is -2.18. The molecule has 0 heterocycles. The SMILES string of the molecule is CC(C)(C)OC(=O)NN=Cc1cc(Br)c(O)c(Br)c1. The molecule has 1 amide bonds. The number of ether oxygens (including phenoxy) is 1. The third kappa shape index (κ3) is 5.61. The molecule has 0 fully saturated rings. The molecule has 0 aliphatic carbocycles. The number of nitrogens with one attached hydrogen (secondary N) is 1. The molecule has 104 valence electrons. The molecule has 0 aliphatic rings. The Balaban J connectivity index is 2.66. The number of phenolic OH excluding ortho intramolecular Hbond substituents is 1. The van der Waals surface area contributed by atoms with Gasteiger partial charge in [-0.1, -0.05) is 0 Å². The van der Waals surface area contributed by atoms with Crippen molar-refractivity contribution in [3.63, 3.8) is 0 Å². The fourth-order valence-corrected chi connectivity index (χ4v) is 2.34. The first-order chi connectivity index (χ1) is 8.69. The van der Waals surface area contributed by atoms with E-state index < -0.39 is 11.7 Å². The minimum Gasteiger partial charge on any atom is -0.506 e. The number of amides is 1. The van der Waals surface area contributed by atoms with Gasteiger partial charge in [0, 0.05) is 0 Å². The lowest BCUT2D eigenvalue weighted by atomic mass is 10.2. The van der Waals surface area contributed by atoms with Crippen molar-refractivity contribution in [3.05, 3.63) is 26.6 Å². The van der Waals surface area contributed by atoms with Crippen LogP contribution in [0, 0.1) is 0 Å². The second-order valence-corrected chi connectivity index (χ2v) is 6.41. The van der Waals surface area contributed by atoms with Crippen molar-refractivity contribution in [2.24, 2.45) is 5.10 Å². The van der Waals surface area contributed by atoms with Crippen LogP contribution in [0.15, 0.2) is 26.2 Å². The van der Waals surface area contributed by atoms with Gasteiger partial charge in [-0.3, -0.25) is 0 Å². The van der Waals surface area contributed by atoms with Crippen molar-refractivity contribution in [2.75, 3.05) is 0 Å². The Morgan fingerprint density at radius 3 is 2.37 bits per heavy atom. The Labute approximate surface area is 128 Å². The Morgan fingerprint density at radius 2 is 1.89 bits per heavy atom. The highest BCUT2D eigenvalue weighted by molar-refractivity contribution is 9.11. The summed E-state index contributed by atoms with van der Waals surface area (Å²) in [6.45, 7) is 5.31. The molecule has 1 rings (SSSR count). The van der Waals surface area contributed by atoms with Gasteiger partial charge < -0.3 is 9.84 Å². The Hall–Kier alpha value is -1.08. The van der Waals surface area contributed by atoms with E-state index in [1.54, 1.807) is 32.9 Å². The molecule has 19 heavy (non-hydrogen) atoms. The van der Waals surface area contributed by atoms with Gasteiger partial charge in [-0.15, -0.1) is 0 Å². The summed E-state index contributed by atoms with van der Waals surface area (Å²) in [7, 11) is 0. The smallest absolute Gasteiger partial charge is 0.428 e. The normalized spacial score (nSPS) is 11.6. The molecule has 0 aliphatic heterocycles. The van der Waals surface area contributed by atoms with Gasteiger partial charge in [0.2, 0.25) is 0 Å².